The lowest BCUT2D eigenvalue weighted by molar-refractivity contribution is 0.423. The maximum absolute atomic E-state index is 8.88. The molecule has 0 N–H and O–H groups in total. The van der Waals surface area contributed by atoms with Crippen molar-refractivity contribution >= 4 is 27.7 Å². The summed E-state index contributed by atoms with van der Waals surface area (Å²) in [6.45, 7) is 0. The van der Waals surface area contributed by atoms with E-state index in [2.05, 4.69) is 37.5 Å². The van der Waals surface area contributed by atoms with Crippen molar-refractivity contribution in [2.45, 2.75) is 41.8 Å². The minimum absolute atomic E-state index is 0.421. The quantitative estimate of drug-likeness (QED) is 0.847. The zero-order chi connectivity index (χ0) is 13.9. The fraction of sp³-hybridized carbons (Fsp3) is 0.385. The van der Waals surface area contributed by atoms with Crippen LogP contribution in [-0.2, 0) is 0 Å². The van der Waals surface area contributed by atoms with Gasteiger partial charge in [0.05, 0.1) is 17.7 Å². The van der Waals surface area contributed by atoms with Crippen molar-refractivity contribution in [3.63, 3.8) is 0 Å². The molecule has 1 saturated carbocycles. The largest absolute Gasteiger partial charge is 0.217 e. The lowest BCUT2D eigenvalue weighted by Crippen LogP contribution is -2.08. The number of halogens is 1. The van der Waals surface area contributed by atoms with Crippen LogP contribution in [0.3, 0.4) is 0 Å². The highest BCUT2D eigenvalue weighted by Gasteiger charge is 2.22. The summed E-state index contributed by atoms with van der Waals surface area (Å²) in [6.07, 6.45) is 4.78. The highest BCUT2D eigenvalue weighted by molar-refractivity contribution is 9.10. The van der Waals surface area contributed by atoms with Crippen LogP contribution in [0, 0.1) is 11.3 Å². The molecular weight excluding hydrogens is 338 g/mol. The summed E-state index contributed by atoms with van der Waals surface area (Å²) in [7, 11) is 0. The maximum atomic E-state index is 8.88. The van der Waals surface area contributed by atoms with Crippen molar-refractivity contribution in [1.29, 1.82) is 5.26 Å². The Kier molecular flexibility index (Phi) is 4.03. The molecule has 1 aromatic heterocycles. The van der Waals surface area contributed by atoms with E-state index in [1.165, 1.54) is 24.6 Å². The second kappa shape index (κ2) is 5.94. The molecule has 0 radical (unpaired) electrons. The fourth-order valence-electron chi connectivity index (χ4n) is 2.38. The molecule has 5 nitrogen and oxygen atoms in total. The Hall–Kier alpha value is -1.39. The molecule has 1 heterocycles. The molecule has 1 aromatic carbocycles. The van der Waals surface area contributed by atoms with E-state index in [1.807, 2.05) is 16.8 Å². The van der Waals surface area contributed by atoms with Gasteiger partial charge in [-0.15, -0.1) is 5.10 Å². The first-order valence-electron chi connectivity index (χ1n) is 6.43. The fourth-order valence-corrected chi connectivity index (χ4v) is 3.85. The zero-order valence-corrected chi connectivity index (χ0v) is 13.1. The normalized spacial score (nSPS) is 15.4. The first-order chi connectivity index (χ1) is 9.78. The van der Waals surface area contributed by atoms with E-state index in [9.17, 15) is 0 Å². The third-order valence-corrected chi connectivity index (χ3v) is 5.34. The molecule has 1 aliphatic rings. The monoisotopic (exact) mass is 349 g/mol. The van der Waals surface area contributed by atoms with Crippen molar-refractivity contribution in [1.82, 2.24) is 20.2 Å². The topological polar surface area (TPSA) is 67.4 Å². The second-order valence-electron chi connectivity index (χ2n) is 4.70. The Balaban J connectivity index is 1.85. The van der Waals surface area contributed by atoms with Gasteiger partial charge in [0.2, 0.25) is 5.16 Å². The molecule has 0 unspecified atom stereocenters. The van der Waals surface area contributed by atoms with Gasteiger partial charge in [0.1, 0.15) is 0 Å². The average Bonchev–Trinajstić information content (AvgIpc) is 3.11. The molecule has 0 spiro atoms. The number of nitrogens with zero attached hydrogens (tertiary/aromatic N) is 5. The van der Waals surface area contributed by atoms with Gasteiger partial charge in [-0.3, -0.25) is 0 Å². The van der Waals surface area contributed by atoms with Crippen molar-refractivity contribution in [2.75, 3.05) is 0 Å². The molecule has 0 saturated heterocycles. The van der Waals surface area contributed by atoms with E-state index in [0.717, 1.165) is 27.4 Å². The Bertz CT molecular complexity index is 657. The number of hydrogen-bond donors (Lipinski definition) is 0. The van der Waals surface area contributed by atoms with E-state index < -0.39 is 0 Å². The zero-order valence-electron chi connectivity index (χ0n) is 10.7. The highest BCUT2D eigenvalue weighted by atomic mass is 79.9. The number of nitriles is 1. The summed E-state index contributed by atoms with van der Waals surface area (Å²) in [6, 6.07) is 8.08. The van der Waals surface area contributed by atoms with E-state index >= 15 is 0 Å². The van der Waals surface area contributed by atoms with E-state index in [1.54, 1.807) is 6.07 Å². The summed E-state index contributed by atoms with van der Waals surface area (Å²) in [5.41, 5.74) is 0.636. The highest BCUT2D eigenvalue weighted by Crippen LogP contribution is 2.36. The van der Waals surface area contributed by atoms with Crippen LogP contribution in [0.25, 0.3) is 0 Å². The Labute approximate surface area is 129 Å². The van der Waals surface area contributed by atoms with Gasteiger partial charge < -0.3 is 0 Å². The Morgan fingerprint density at radius 3 is 2.85 bits per heavy atom. The van der Waals surface area contributed by atoms with Gasteiger partial charge in [0, 0.05) is 9.37 Å². The van der Waals surface area contributed by atoms with Gasteiger partial charge in [-0.25, -0.2) is 4.68 Å². The van der Waals surface area contributed by atoms with Gasteiger partial charge in [-0.05, 0) is 69.2 Å². The molecule has 3 rings (SSSR count). The lowest BCUT2D eigenvalue weighted by Gasteiger charge is -2.11. The number of aromatic nitrogens is 4. The van der Waals surface area contributed by atoms with Crippen LogP contribution in [0.15, 0.2) is 32.7 Å². The SMILES string of the molecule is N#Cc1ccc(Sc2nnnn2C2CCCC2)c(Br)c1. The maximum Gasteiger partial charge on any atom is 0.214 e. The molecular formula is C13H12BrN5S. The molecule has 0 bridgehead atoms. The van der Waals surface area contributed by atoms with Gasteiger partial charge in [-0.1, -0.05) is 12.8 Å². The third kappa shape index (κ3) is 2.72. The summed E-state index contributed by atoms with van der Waals surface area (Å²) in [5.74, 6) is 0. The van der Waals surface area contributed by atoms with Crippen LogP contribution in [0.1, 0.15) is 37.3 Å². The smallest absolute Gasteiger partial charge is 0.214 e. The minimum Gasteiger partial charge on any atom is -0.217 e. The van der Waals surface area contributed by atoms with Crippen molar-refractivity contribution in [3.05, 3.63) is 28.2 Å². The van der Waals surface area contributed by atoms with Gasteiger partial charge in [0.25, 0.3) is 0 Å². The number of rotatable bonds is 3. The third-order valence-electron chi connectivity index (χ3n) is 3.40. The van der Waals surface area contributed by atoms with Crippen molar-refractivity contribution < 1.29 is 0 Å². The van der Waals surface area contributed by atoms with E-state index in [-0.39, 0.29) is 0 Å². The van der Waals surface area contributed by atoms with Gasteiger partial charge in [0.15, 0.2) is 0 Å². The molecule has 20 heavy (non-hydrogen) atoms. The van der Waals surface area contributed by atoms with Crippen LogP contribution in [0.2, 0.25) is 0 Å². The van der Waals surface area contributed by atoms with Crippen LogP contribution >= 0.6 is 27.7 Å². The first kappa shape index (κ1) is 13.6. The molecule has 1 aliphatic carbocycles. The molecule has 0 atom stereocenters. The lowest BCUT2D eigenvalue weighted by atomic mass is 10.2. The summed E-state index contributed by atoms with van der Waals surface area (Å²) in [4.78, 5) is 1.01. The standard InChI is InChI=1S/C13H12BrN5S/c14-11-7-9(8-15)5-6-12(11)20-13-16-17-18-19(13)10-3-1-2-4-10/h5-7,10H,1-4H2. The summed E-state index contributed by atoms with van der Waals surface area (Å²) >= 11 is 5.02. The number of benzene rings is 1. The Morgan fingerprint density at radius 2 is 2.15 bits per heavy atom. The van der Waals surface area contributed by atoms with Crippen LogP contribution in [-0.4, -0.2) is 20.2 Å². The average molecular weight is 350 g/mol. The van der Waals surface area contributed by atoms with Crippen molar-refractivity contribution in [3.8, 4) is 6.07 Å². The molecule has 2 aromatic rings. The van der Waals surface area contributed by atoms with Crippen LogP contribution in [0.5, 0.6) is 0 Å². The van der Waals surface area contributed by atoms with Gasteiger partial charge in [-0.2, -0.15) is 5.26 Å². The predicted molar refractivity (Wildman–Crippen MR) is 78.3 cm³/mol. The van der Waals surface area contributed by atoms with Crippen molar-refractivity contribution in [2.24, 2.45) is 0 Å². The number of hydrogen-bond acceptors (Lipinski definition) is 5. The van der Waals surface area contributed by atoms with Crippen LogP contribution in [0.4, 0.5) is 0 Å². The second-order valence-corrected chi connectivity index (χ2v) is 6.57. The van der Waals surface area contributed by atoms with E-state index in [4.69, 9.17) is 5.26 Å². The van der Waals surface area contributed by atoms with Crippen LogP contribution < -0.4 is 0 Å². The summed E-state index contributed by atoms with van der Waals surface area (Å²) in [5, 5.41) is 21.7. The Morgan fingerprint density at radius 1 is 1.35 bits per heavy atom. The van der Waals surface area contributed by atoms with E-state index in [0.29, 0.717) is 11.6 Å². The molecule has 7 heteroatoms. The summed E-state index contributed by atoms with van der Waals surface area (Å²) < 4.78 is 2.82. The molecule has 0 amide bonds. The first-order valence-corrected chi connectivity index (χ1v) is 8.04. The van der Waals surface area contributed by atoms with Gasteiger partial charge >= 0.3 is 0 Å². The molecule has 102 valence electrons. The predicted octanol–water partition coefficient (Wildman–Crippen LogP) is 3.57. The number of tetrazole rings is 1. The molecule has 1 fully saturated rings. The minimum atomic E-state index is 0.421. The molecule has 0 aliphatic heterocycles.